The summed E-state index contributed by atoms with van der Waals surface area (Å²) in [5.74, 6) is -0.377. The second-order valence-corrected chi connectivity index (χ2v) is 5.52. The number of anilines is 2. The third kappa shape index (κ3) is 5.70. The molecule has 2 aromatic rings. The van der Waals surface area contributed by atoms with E-state index < -0.39 is 0 Å². The molecule has 0 fully saturated rings. The van der Waals surface area contributed by atoms with Crippen LogP contribution in [-0.4, -0.2) is 38.6 Å². The molecule has 25 heavy (non-hydrogen) atoms. The van der Waals surface area contributed by atoms with Crippen molar-refractivity contribution in [2.45, 2.75) is 6.92 Å². The van der Waals surface area contributed by atoms with E-state index in [1.807, 2.05) is 37.3 Å². The van der Waals surface area contributed by atoms with Crippen LogP contribution in [-0.2, 0) is 9.53 Å². The van der Waals surface area contributed by atoms with Crippen LogP contribution in [0.25, 0.3) is 0 Å². The van der Waals surface area contributed by atoms with Crippen LogP contribution in [0, 0.1) is 6.92 Å². The van der Waals surface area contributed by atoms with Gasteiger partial charge in [-0.3, -0.25) is 9.59 Å². The maximum Gasteiger partial charge on any atom is 0.256 e. The molecule has 3 N–H and O–H groups in total. The Bertz CT molecular complexity index is 717. The van der Waals surface area contributed by atoms with E-state index in [9.17, 15) is 9.59 Å². The first-order valence-electron chi connectivity index (χ1n) is 8.07. The highest BCUT2D eigenvalue weighted by Crippen LogP contribution is 2.20. The van der Waals surface area contributed by atoms with Gasteiger partial charge in [-0.25, -0.2) is 0 Å². The molecule has 0 saturated heterocycles. The maximum absolute atomic E-state index is 12.5. The van der Waals surface area contributed by atoms with Crippen LogP contribution in [0.15, 0.2) is 48.5 Å². The maximum atomic E-state index is 12.5. The molecule has 0 atom stereocenters. The molecule has 132 valence electrons. The summed E-state index contributed by atoms with van der Waals surface area (Å²) < 4.78 is 4.91. The Morgan fingerprint density at radius 1 is 1.00 bits per heavy atom. The molecule has 0 bridgehead atoms. The van der Waals surface area contributed by atoms with Crippen LogP contribution >= 0.6 is 0 Å². The molecule has 0 saturated carbocycles. The molecule has 6 heteroatoms. The lowest BCUT2D eigenvalue weighted by molar-refractivity contribution is -0.115. The summed E-state index contributed by atoms with van der Waals surface area (Å²) in [6.07, 6.45) is 0. The first-order valence-corrected chi connectivity index (χ1v) is 8.07. The van der Waals surface area contributed by atoms with Gasteiger partial charge in [0, 0.05) is 30.6 Å². The summed E-state index contributed by atoms with van der Waals surface area (Å²) in [6.45, 7) is 3.14. The Morgan fingerprint density at radius 2 is 1.76 bits per heavy atom. The average molecular weight is 341 g/mol. The number of para-hydroxylation sites is 1. The fourth-order valence-electron chi connectivity index (χ4n) is 2.31. The number of benzene rings is 2. The zero-order valence-electron chi connectivity index (χ0n) is 14.5. The second kappa shape index (κ2) is 9.56. The number of methoxy groups -OCH3 is 1. The van der Waals surface area contributed by atoms with Gasteiger partial charge in [-0.1, -0.05) is 24.3 Å². The van der Waals surface area contributed by atoms with E-state index in [2.05, 4.69) is 16.0 Å². The molecule has 0 aliphatic heterocycles. The van der Waals surface area contributed by atoms with Gasteiger partial charge in [0.15, 0.2) is 0 Å². The number of rotatable bonds is 8. The van der Waals surface area contributed by atoms with Crippen molar-refractivity contribution in [2.24, 2.45) is 0 Å². The van der Waals surface area contributed by atoms with Crippen molar-refractivity contribution >= 4 is 23.2 Å². The summed E-state index contributed by atoms with van der Waals surface area (Å²) in [5, 5.41) is 8.65. The minimum atomic E-state index is -0.210. The van der Waals surface area contributed by atoms with Crippen LogP contribution in [0.4, 0.5) is 11.4 Å². The third-order valence-electron chi connectivity index (χ3n) is 3.65. The number of nitrogens with one attached hydrogen (secondary N) is 3. The van der Waals surface area contributed by atoms with Gasteiger partial charge in [-0.2, -0.15) is 0 Å². The van der Waals surface area contributed by atoms with Crippen LogP contribution in [0.3, 0.4) is 0 Å². The van der Waals surface area contributed by atoms with Gasteiger partial charge < -0.3 is 20.7 Å². The molecule has 0 aliphatic carbocycles. The van der Waals surface area contributed by atoms with Crippen molar-refractivity contribution in [1.29, 1.82) is 0 Å². The molecule has 2 amide bonds. The van der Waals surface area contributed by atoms with E-state index in [1.165, 1.54) is 0 Å². The van der Waals surface area contributed by atoms with Gasteiger partial charge in [0.05, 0.1) is 13.2 Å². The van der Waals surface area contributed by atoms with E-state index in [4.69, 9.17) is 4.74 Å². The molecule has 6 nitrogen and oxygen atoms in total. The van der Waals surface area contributed by atoms with Gasteiger partial charge >= 0.3 is 0 Å². The molecule has 0 unspecified atom stereocenters. The fraction of sp³-hybridized carbons (Fsp3) is 0.263. The van der Waals surface area contributed by atoms with Crippen molar-refractivity contribution in [3.8, 4) is 0 Å². The molecular formula is C19H23N3O3. The minimum Gasteiger partial charge on any atom is -0.383 e. The first-order chi connectivity index (χ1) is 12.1. The van der Waals surface area contributed by atoms with Crippen molar-refractivity contribution in [3.05, 3.63) is 59.7 Å². The number of hydrogen-bond donors (Lipinski definition) is 3. The van der Waals surface area contributed by atoms with Crippen LogP contribution in [0.1, 0.15) is 15.9 Å². The lowest BCUT2D eigenvalue weighted by Crippen LogP contribution is -2.30. The van der Waals surface area contributed by atoms with E-state index in [1.54, 1.807) is 25.3 Å². The normalized spacial score (nSPS) is 10.3. The zero-order chi connectivity index (χ0) is 18.1. The lowest BCUT2D eigenvalue weighted by atomic mass is 10.1. The van der Waals surface area contributed by atoms with E-state index in [0.717, 1.165) is 11.3 Å². The lowest BCUT2D eigenvalue weighted by Gasteiger charge is -2.13. The molecule has 0 aliphatic rings. The van der Waals surface area contributed by atoms with Crippen molar-refractivity contribution < 1.29 is 14.3 Å². The van der Waals surface area contributed by atoms with Crippen molar-refractivity contribution in [3.63, 3.8) is 0 Å². The van der Waals surface area contributed by atoms with Crippen LogP contribution < -0.4 is 16.0 Å². The SMILES string of the molecule is COCCNCC(=O)Nc1cccc(C(=O)Nc2ccccc2)c1C. The first kappa shape index (κ1) is 18.6. The standard InChI is InChI=1S/C19H23N3O3/c1-14-16(19(24)21-15-7-4-3-5-8-15)9-6-10-17(14)22-18(23)13-20-11-12-25-2/h3-10,20H,11-13H2,1-2H3,(H,21,24)(H,22,23). The molecule has 0 heterocycles. The second-order valence-electron chi connectivity index (χ2n) is 5.52. The highest BCUT2D eigenvalue weighted by atomic mass is 16.5. The Labute approximate surface area is 147 Å². The number of ether oxygens (including phenoxy) is 1. The Kier molecular flexibility index (Phi) is 7.13. The summed E-state index contributed by atoms with van der Waals surface area (Å²) >= 11 is 0. The van der Waals surface area contributed by atoms with E-state index in [0.29, 0.717) is 24.4 Å². The van der Waals surface area contributed by atoms with Crippen molar-refractivity contribution in [1.82, 2.24) is 5.32 Å². The van der Waals surface area contributed by atoms with Gasteiger partial charge in [-0.05, 0) is 36.8 Å². The van der Waals surface area contributed by atoms with E-state index >= 15 is 0 Å². The molecule has 0 radical (unpaired) electrons. The zero-order valence-corrected chi connectivity index (χ0v) is 14.5. The fourth-order valence-corrected chi connectivity index (χ4v) is 2.31. The van der Waals surface area contributed by atoms with Crippen LogP contribution in [0.2, 0.25) is 0 Å². The quantitative estimate of drug-likeness (QED) is 0.644. The Morgan fingerprint density at radius 3 is 2.48 bits per heavy atom. The van der Waals surface area contributed by atoms with E-state index in [-0.39, 0.29) is 18.4 Å². The Hall–Kier alpha value is -2.70. The van der Waals surface area contributed by atoms with Gasteiger partial charge in [0.2, 0.25) is 5.91 Å². The largest absolute Gasteiger partial charge is 0.383 e. The smallest absolute Gasteiger partial charge is 0.256 e. The topological polar surface area (TPSA) is 79.5 Å². The highest BCUT2D eigenvalue weighted by Gasteiger charge is 2.13. The predicted molar refractivity (Wildman–Crippen MR) is 98.9 cm³/mol. The summed E-state index contributed by atoms with van der Waals surface area (Å²) in [7, 11) is 1.61. The highest BCUT2D eigenvalue weighted by molar-refractivity contribution is 6.06. The van der Waals surface area contributed by atoms with Gasteiger partial charge in [0.1, 0.15) is 0 Å². The van der Waals surface area contributed by atoms with Gasteiger partial charge in [-0.15, -0.1) is 0 Å². The number of amides is 2. The van der Waals surface area contributed by atoms with Crippen molar-refractivity contribution in [2.75, 3.05) is 37.4 Å². The van der Waals surface area contributed by atoms with Crippen LogP contribution in [0.5, 0.6) is 0 Å². The number of carbonyl (C=O) groups excluding carboxylic acids is 2. The summed E-state index contributed by atoms with van der Waals surface area (Å²) in [5.41, 5.74) is 2.60. The minimum absolute atomic E-state index is 0.167. The number of hydrogen-bond acceptors (Lipinski definition) is 4. The Balaban J connectivity index is 2.01. The molecule has 0 aromatic heterocycles. The molecular weight excluding hydrogens is 318 g/mol. The molecule has 2 rings (SSSR count). The predicted octanol–water partition coefficient (Wildman–Crippen LogP) is 2.42. The molecule has 2 aromatic carbocycles. The monoisotopic (exact) mass is 341 g/mol. The van der Waals surface area contributed by atoms with Gasteiger partial charge in [0.25, 0.3) is 5.91 Å². The molecule has 0 spiro atoms. The average Bonchev–Trinajstić information content (AvgIpc) is 2.61. The summed E-state index contributed by atoms with van der Waals surface area (Å²) in [4.78, 5) is 24.5. The third-order valence-corrected chi connectivity index (χ3v) is 3.65. The number of carbonyl (C=O) groups is 2. The summed E-state index contributed by atoms with van der Waals surface area (Å²) in [6, 6.07) is 14.5.